The summed E-state index contributed by atoms with van der Waals surface area (Å²) in [7, 11) is 0. The zero-order valence-corrected chi connectivity index (χ0v) is 12.4. The molecule has 19 heavy (non-hydrogen) atoms. The number of thiophene rings is 2. The molecule has 2 N–H and O–H groups in total. The van der Waals surface area contributed by atoms with E-state index in [1.807, 2.05) is 17.5 Å². The van der Waals surface area contributed by atoms with Gasteiger partial charge in [-0.2, -0.15) is 0 Å². The van der Waals surface area contributed by atoms with Crippen LogP contribution in [0.25, 0.3) is 9.40 Å². The zero-order valence-electron chi connectivity index (χ0n) is 10.7. The van der Waals surface area contributed by atoms with Gasteiger partial charge >= 0.3 is 5.97 Å². The third kappa shape index (κ3) is 2.79. The molecule has 0 bridgehead atoms. The van der Waals surface area contributed by atoms with E-state index in [1.165, 1.54) is 11.3 Å². The fraction of sp³-hybridized carbons (Fsp3) is 0.385. The summed E-state index contributed by atoms with van der Waals surface area (Å²) in [6.07, 6.45) is 0.474. The third-order valence-corrected chi connectivity index (χ3v) is 5.39. The first-order valence-corrected chi connectivity index (χ1v) is 7.64. The van der Waals surface area contributed by atoms with E-state index in [1.54, 1.807) is 25.2 Å². The van der Waals surface area contributed by atoms with E-state index in [4.69, 9.17) is 5.11 Å². The Morgan fingerprint density at radius 1 is 1.42 bits per heavy atom. The molecule has 0 saturated heterocycles. The van der Waals surface area contributed by atoms with Crippen molar-refractivity contribution in [2.75, 3.05) is 6.54 Å². The minimum atomic E-state index is -0.912. The Balaban J connectivity index is 2.05. The minimum absolute atomic E-state index is 0.142. The van der Waals surface area contributed by atoms with Crippen LogP contribution in [0.4, 0.5) is 0 Å². The zero-order chi connectivity index (χ0) is 14.0. The van der Waals surface area contributed by atoms with Gasteiger partial charge in [-0.3, -0.25) is 9.59 Å². The molecule has 2 aromatic heterocycles. The second kappa shape index (κ2) is 5.30. The fourth-order valence-electron chi connectivity index (χ4n) is 1.59. The largest absolute Gasteiger partial charge is 0.481 e. The molecule has 0 aliphatic heterocycles. The highest BCUT2D eigenvalue weighted by Crippen LogP contribution is 2.30. The number of fused-ring (bicyclic) bond motifs is 1. The highest BCUT2D eigenvalue weighted by Gasteiger charge is 2.31. The summed E-state index contributed by atoms with van der Waals surface area (Å²) >= 11 is 3.02. The number of hydrogen-bond donors (Lipinski definition) is 2. The van der Waals surface area contributed by atoms with E-state index in [9.17, 15) is 9.59 Å². The third-order valence-electron chi connectivity index (χ3n) is 3.30. The van der Waals surface area contributed by atoms with Crippen molar-refractivity contribution in [3.63, 3.8) is 0 Å². The van der Waals surface area contributed by atoms with Crippen molar-refractivity contribution in [3.05, 3.63) is 22.4 Å². The van der Waals surface area contributed by atoms with Crippen LogP contribution in [0.1, 0.15) is 29.9 Å². The van der Waals surface area contributed by atoms with Crippen LogP contribution in [0.5, 0.6) is 0 Å². The predicted molar refractivity (Wildman–Crippen MR) is 78.1 cm³/mol. The molecule has 102 valence electrons. The highest BCUT2D eigenvalue weighted by atomic mass is 32.1. The summed E-state index contributed by atoms with van der Waals surface area (Å²) in [6, 6.07) is 3.83. The summed E-state index contributed by atoms with van der Waals surface area (Å²) in [4.78, 5) is 23.8. The van der Waals surface area contributed by atoms with Gasteiger partial charge in [-0.1, -0.05) is 6.92 Å². The molecule has 1 unspecified atom stereocenters. The summed E-state index contributed by atoms with van der Waals surface area (Å²) in [5.41, 5.74) is -0.912. The van der Waals surface area contributed by atoms with Crippen LogP contribution in [-0.4, -0.2) is 23.5 Å². The van der Waals surface area contributed by atoms with E-state index in [-0.39, 0.29) is 12.5 Å². The smallest absolute Gasteiger partial charge is 0.311 e. The van der Waals surface area contributed by atoms with Crippen molar-refractivity contribution in [3.8, 4) is 0 Å². The molecule has 1 amide bonds. The molecule has 4 nitrogen and oxygen atoms in total. The van der Waals surface area contributed by atoms with E-state index in [0.717, 1.165) is 9.40 Å². The quantitative estimate of drug-likeness (QED) is 0.890. The van der Waals surface area contributed by atoms with Crippen molar-refractivity contribution in [1.29, 1.82) is 0 Å². The Bertz CT molecular complexity index is 588. The molecular formula is C13H15NO3S2. The minimum Gasteiger partial charge on any atom is -0.481 e. The summed E-state index contributed by atoms with van der Waals surface area (Å²) in [6.45, 7) is 3.59. The Morgan fingerprint density at radius 3 is 2.74 bits per heavy atom. The lowest BCUT2D eigenvalue weighted by Gasteiger charge is -2.22. The molecule has 0 aromatic carbocycles. The topological polar surface area (TPSA) is 66.4 Å². The molecule has 1 atom stereocenters. The van der Waals surface area contributed by atoms with Crippen molar-refractivity contribution in [1.82, 2.24) is 5.32 Å². The maximum absolute atomic E-state index is 12.0. The van der Waals surface area contributed by atoms with E-state index < -0.39 is 11.4 Å². The number of amides is 1. The van der Waals surface area contributed by atoms with Gasteiger partial charge < -0.3 is 10.4 Å². The molecule has 0 aliphatic rings. The van der Waals surface area contributed by atoms with Gasteiger partial charge in [0.15, 0.2) is 0 Å². The van der Waals surface area contributed by atoms with Gasteiger partial charge in [-0.25, -0.2) is 0 Å². The van der Waals surface area contributed by atoms with Gasteiger partial charge in [0.1, 0.15) is 0 Å². The Kier molecular flexibility index (Phi) is 3.91. The van der Waals surface area contributed by atoms with E-state index >= 15 is 0 Å². The Hall–Kier alpha value is -1.40. The molecule has 2 aromatic rings. The average Bonchev–Trinajstić information content (AvgIpc) is 2.95. The van der Waals surface area contributed by atoms with Gasteiger partial charge in [0.2, 0.25) is 0 Å². The van der Waals surface area contributed by atoms with Crippen molar-refractivity contribution >= 4 is 43.9 Å². The SMILES string of the molecule is CCC(C)(CNC(=O)c1cc2sccc2s1)C(=O)O. The maximum Gasteiger partial charge on any atom is 0.311 e. The highest BCUT2D eigenvalue weighted by molar-refractivity contribution is 7.27. The standard InChI is InChI=1S/C13H15NO3S2/c1-3-13(2,12(16)17)7-14-11(15)10-6-9-8(19-10)4-5-18-9/h4-6H,3,7H2,1-2H3,(H,14,15)(H,16,17). The van der Waals surface area contributed by atoms with Crippen molar-refractivity contribution in [2.45, 2.75) is 20.3 Å². The van der Waals surface area contributed by atoms with Crippen molar-refractivity contribution < 1.29 is 14.7 Å². The molecule has 0 spiro atoms. The molecule has 6 heteroatoms. The lowest BCUT2D eigenvalue weighted by Crippen LogP contribution is -2.40. The number of carboxylic acid groups (broad SMARTS) is 1. The summed E-state index contributed by atoms with van der Waals surface area (Å²) in [5.74, 6) is -1.09. The van der Waals surface area contributed by atoms with Crippen LogP contribution in [-0.2, 0) is 4.79 Å². The number of hydrogen-bond acceptors (Lipinski definition) is 4. The van der Waals surface area contributed by atoms with Crippen LogP contribution in [0.15, 0.2) is 17.5 Å². The van der Waals surface area contributed by atoms with Crippen LogP contribution < -0.4 is 5.32 Å². The monoisotopic (exact) mass is 297 g/mol. The first-order valence-electron chi connectivity index (χ1n) is 5.95. The molecule has 0 saturated carbocycles. The normalized spacial score (nSPS) is 14.2. The summed E-state index contributed by atoms with van der Waals surface area (Å²) < 4.78 is 2.18. The van der Waals surface area contributed by atoms with E-state index in [0.29, 0.717) is 11.3 Å². The molecule has 2 heterocycles. The van der Waals surface area contributed by atoms with Crippen molar-refractivity contribution in [2.24, 2.45) is 5.41 Å². The molecule has 0 radical (unpaired) electrons. The number of nitrogens with one attached hydrogen (secondary N) is 1. The number of carbonyl (C=O) groups excluding carboxylic acids is 1. The second-order valence-corrected chi connectivity index (χ2v) is 6.69. The van der Waals surface area contributed by atoms with Gasteiger partial charge in [0.25, 0.3) is 5.91 Å². The van der Waals surface area contributed by atoms with E-state index in [2.05, 4.69) is 5.32 Å². The number of carboxylic acids is 1. The van der Waals surface area contributed by atoms with Crippen LogP contribution >= 0.6 is 22.7 Å². The molecular weight excluding hydrogens is 282 g/mol. The summed E-state index contributed by atoms with van der Waals surface area (Å²) in [5, 5.41) is 13.9. The first kappa shape index (κ1) is 14.0. The number of aliphatic carboxylic acids is 1. The fourth-order valence-corrected chi connectivity index (χ4v) is 3.62. The van der Waals surface area contributed by atoms with Gasteiger partial charge in [-0.05, 0) is 30.9 Å². The molecule has 0 fully saturated rings. The predicted octanol–water partition coefficient (Wildman–Crippen LogP) is 3.19. The lowest BCUT2D eigenvalue weighted by atomic mass is 9.88. The Labute approximate surface area is 119 Å². The maximum atomic E-state index is 12.0. The first-order chi connectivity index (χ1) is 8.96. The van der Waals surface area contributed by atoms with Crippen LogP contribution in [0.3, 0.4) is 0 Å². The number of carbonyl (C=O) groups is 2. The van der Waals surface area contributed by atoms with Gasteiger partial charge in [0.05, 0.1) is 10.3 Å². The Morgan fingerprint density at radius 2 is 2.16 bits per heavy atom. The van der Waals surface area contributed by atoms with Crippen LogP contribution in [0.2, 0.25) is 0 Å². The van der Waals surface area contributed by atoms with Crippen LogP contribution in [0, 0.1) is 5.41 Å². The lowest BCUT2D eigenvalue weighted by molar-refractivity contribution is -0.147. The molecule has 2 rings (SSSR count). The average molecular weight is 297 g/mol. The van der Waals surface area contributed by atoms with Gasteiger partial charge in [0, 0.05) is 15.9 Å². The van der Waals surface area contributed by atoms with Gasteiger partial charge in [-0.15, -0.1) is 22.7 Å². The second-order valence-electron chi connectivity index (χ2n) is 4.66. The molecule has 0 aliphatic carbocycles. The number of rotatable bonds is 5.